The molecular weight excluding hydrogens is 284 g/mol. The molecule has 3 rings (SSSR count). The molecule has 2 aromatic rings. The second-order valence-electron chi connectivity index (χ2n) is 5.56. The Kier molecular flexibility index (Phi) is 3.83. The van der Waals surface area contributed by atoms with Crippen LogP contribution >= 0.6 is 0 Å². The van der Waals surface area contributed by atoms with Crippen LogP contribution < -0.4 is 0 Å². The van der Waals surface area contributed by atoms with E-state index in [0.29, 0.717) is 11.8 Å². The summed E-state index contributed by atoms with van der Waals surface area (Å²) in [5.74, 6) is 0.729. The smallest absolute Gasteiger partial charge is 0.266 e. The Labute approximate surface area is 125 Å². The van der Waals surface area contributed by atoms with Crippen molar-refractivity contribution in [2.24, 2.45) is 5.92 Å². The van der Waals surface area contributed by atoms with Gasteiger partial charge in [-0.1, -0.05) is 48.0 Å². The van der Waals surface area contributed by atoms with Gasteiger partial charge in [0.2, 0.25) is 0 Å². The van der Waals surface area contributed by atoms with Crippen LogP contribution in [0, 0.1) is 12.8 Å². The minimum Gasteiger partial charge on any atom is -0.266 e. The molecule has 4 heteroatoms. The number of hydrogen-bond acceptors (Lipinski definition) is 3. The Balaban J connectivity index is 1.60. The molecule has 1 saturated carbocycles. The van der Waals surface area contributed by atoms with Gasteiger partial charge in [-0.3, -0.25) is 4.18 Å². The summed E-state index contributed by atoms with van der Waals surface area (Å²) in [5.41, 5.74) is 2.29. The van der Waals surface area contributed by atoms with E-state index < -0.39 is 10.1 Å². The van der Waals surface area contributed by atoms with Gasteiger partial charge in [0.05, 0.1) is 11.5 Å². The highest BCUT2D eigenvalue weighted by atomic mass is 32.2. The highest BCUT2D eigenvalue weighted by molar-refractivity contribution is 7.86. The first-order valence-electron chi connectivity index (χ1n) is 7.07. The maximum absolute atomic E-state index is 12.1. The van der Waals surface area contributed by atoms with Crippen LogP contribution in [0.15, 0.2) is 59.5 Å². The quantitative estimate of drug-likeness (QED) is 0.794. The fourth-order valence-electron chi connectivity index (χ4n) is 2.49. The van der Waals surface area contributed by atoms with E-state index in [0.717, 1.165) is 12.0 Å². The monoisotopic (exact) mass is 302 g/mol. The van der Waals surface area contributed by atoms with Crippen LogP contribution in [0.3, 0.4) is 0 Å². The topological polar surface area (TPSA) is 43.4 Å². The van der Waals surface area contributed by atoms with Gasteiger partial charge in [0, 0.05) is 0 Å². The van der Waals surface area contributed by atoms with Gasteiger partial charge in [-0.25, -0.2) is 0 Å². The molecule has 0 unspecified atom stereocenters. The number of benzene rings is 2. The Morgan fingerprint density at radius 1 is 1.05 bits per heavy atom. The summed E-state index contributed by atoms with van der Waals surface area (Å²) in [4.78, 5) is 0.227. The number of aryl methyl sites for hydroxylation is 1. The first-order chi connectivity index (χ1) is 10.1. The van der Waals surface area contributed by atoms with Crippen molar-refractivity contribution in [1.29, 1.82) is 0 Å². The SMILES string of the molecule is Cc1ccc(S(=O)(=O)OC[C@@H]2C[C@H]2c2ccccc2)cc1. The van der Waals surface area contributed by atoms with E-state index in [4.69, 9.17) is 4.18 Å². The molecule has 21 heavy (non-hydrogen) atoms. The summed E-state index contributed by atoms with van der Waals surface area (Å²) in [6, 6.07) is 16.9. The molecule has 1 aliphatic carbocycles. The lowest BCUT2D eigenvalue weighted by molar-refractivity contribution is 0.299. The van der Waals surface area contributed by atoms with E-state index in [-0.39, 0.29) is 11.5 Å². The molecule has 2 aromatic carbocycles. The molecule has 1 aliphatic rings. The fourth-order valence-corrected chi connectivity index (χ4v) is 3.45. The zero-order valence-electron chi connectivity index (χ0n) is 11.9. The summed E-state index contributed by atoms with van der Waals surface area (Å²) >= 11 is 0. The van der Waals surface area contributed by atoms with Crippen LogP contribution in [0.5, 0.6) is 0 Å². The molecular formula is C17H18O3S. The predicted molar refractivity (Wildman–Crippen MR) is 81.6 cm³/mol. The molecule has 110 valence electrons. The van der Waals surface area contributed by atoms with E-state index in [9.17, 15) is 8.42 Å². The van der Waals surface area contributed by atoms with Crippen molar-refractivity contribution >= 4 is 10.1 Å². The van der Waals surface area contributed by atoms with E-state index >= 15 is 0 Å². The molecule has 0 radical (unpaired) electrons. The molecule has 0 N–H and O–H groups in total. The summed E-state index contributed by atoms with van der Waals surface area (Å²) in [7, 11) is -3.64. The van der Waals surface area contributed by atoms with Gasteiger partial charge in [-0.2, -0.15) is 8.42 Å². The highest BCUT2D eigenvalue weighted by Gasteiger charge is 2.39. The summed E-state index contributed by atoms with van der Waals surface area (Å²) < 4.78 is 29.4. The molecule has 2 atom stereocenters. The standard InChI is InChI=1S/C17H18O3S/c1-13-7-9-16(10-8-13)21(18,19)20-12-15-11-17(15)14-5-3-2-4-6-14/h2-10,15,17H,11-12H2,1H3/t15-,17-/m0/s1. The third kappa shape index (κ3) is 3.34. The maximum atomic E-state index is 12.1. The lowest BCUT2D eigenvalue weighted by atomic mass is 10.1. The van der Waals surface area contributed by atoms with Crippen LogP contribution in [-0.2, 0) is 14.3 Å². The molecule has 0 aliphatic heterocycles. The van der Waals surface area contributed by atoms with Gasteiger partial charge >= 0.3 is 0 Å². The molecule has 0 spiro atoms. The Hall–Kier alpha value is -1.65. The summed E-state index contributed by atoms with van der Waals surface area (Å²) in [5, 5.41) is 0. The van der Waals surface area contributed by atoms with E-state index in [1.54, 1.807) is 24.3 Å². The van der Waals surface area contributed by atoms with Crippen LogP contribution in [0.2, 0.25) is 0 Å². The van der Waals surface area contributed by atoms with Gasteiger partial charge in [0.1, 0.15) is 0 Å². The Morgan fingerprint density at radius 2 is 1.71 bits per heavy atom. The van der Waals surface area contributed by atoms with Crippen molar-refractivity contribution in [2.75, 3.05) is 6.61 Å². The predicted octanol–water partition coefficient (Wildman–Crippen LogP) is 3.50. The third-order valence-electron chi connectivity index (χ3n) is 3.90. The minimum atomic E-state index is -3.64. The van der Waals surface area contributed by atoms with Crippen LogP contribution in [-0.4, -0.2) is 15.0 Å². The molecule has 0 heterocycles. The fraction of sp³-hybridized carbons (Fsp3) is 0.294. The normalized spacial score (nSPS) is 21.2. The van der Waals surface area contributed by atoms with Crippen molar-refractivity contribution in [3.63, 3.8) is 0 Å². The molecule has 3 nitrogen and oxygen atoms in total. The Morgan fingerprint density at radius 3 is 2.38 bits per heavy atom. The largest absolute Gasteiger partial charge is 0.296 e. The van der Waals surface area contributed by atoms with Crippen molar-refractivity contribution in [3.05, 3.63) is 65.7 Å². The number of hydrogen-bond donors (Lipinski definition) is 0. The van der Waals surface area contributed by atoms with Gasteiger partial charge < -0.3 is 0 Å². The Bertz CT molecular complexity index is 705. The first-order valence-corrected chi connectivity index (χ1v) is 8.48. The zero-order chi connectivity index (χ0) is 14.9. The molecule has 0 aromatic heterocycles. The van der Waals surface area contributed by atoms with Crippen LogP contribution in [0.25, 0.3) is 0 Å². The van der Waals surface area contributed by atoms with Crippen molar-refractivity contribution < 1.29 is 12.6 Å². The van der Waals surface area contributed by atoms with Gasteiger partial charge in [0.15, 0.2) is 0 Å². The second kappa shape index (κ2) is 5.62. The van der Waals surface area contributed by atoms with Crippen molar-refractivity contribution in [2.45, 2.75) is 24.2 Å². The van der Waals surface area contributed by atoms with Gasteiger partial charge in [0.25, 0.3) is 10.1 Å². The van der Waals surface area contributed by atoms with Crippen molar-refractivity contribution in [1.82, 2.24) is 0 Å². The van der Waals surface area contributed by atoms with Crippen molar-refractivity contribution in [3.8, 4) is 0 Å². The maximum Gasteiger partial charge on any atom is 0.296 e. The lowest BCUT2D eigenvalue weighted by Gasteiger charge is -2.06. The minimum absolute atomic E-state index is 0.227. The molecule has 0 amide bonds. The summed E-state index contributed by atoms with van der Waals surface area (Å²) in [6.07, 6.45) is 0.993. The van der Waals surface area contributed by atoms with Gasteiger partial charge in [-0.15, -0.1) is 0 Å². The summed E-state index contributed by atoms with van der Waals surface area (Å²) in [6.45, 7) is 2.18. The van der Waals surface area contributed by atoms with E-state index in [1.165, 1.54) is 5.56 Å². The van der Waals surface area contributed by atoms with E-state index in [2.05, 4.69) is 12.1 Å². The average Bonchev–Trinajstić information content (AvgIpc) is 3.26. The number of rotatable bonds is 5. The third-order valence-corrected chi connectivity index (χ3v) is 5.19. The van der Waals surface area contributed by atoms with Gasteiger partial charge in [-0.05, 0) is 42.9 Å². The molecule has 1 fully saturated rings. The molecule has 0 bridgehead atoms. The van der Waals surface area contributed by atoms with Crippen LogP contribution in [0.4, 0.5) is 0 Å². The second-order valence-corrected chi connectivity index (χ2v) is 7.18. The zero-order valence-corrected chi connectivity index (χ0v) is 12.7. The highest BCUT2D eigenvalue weighted by Crippen LogP contribution is 2.47. The van der Waals surface area contributed by atoms with Crippen LogP contribution in [0.1, 0.15) is 23.5 Å². The molecule has 0 saturated heterocycles. The first kappa shape index (κ1) is 14.3. The average molecular weight is 302 g/mol. The van der Waals surface area contributed by atoms with E-state index in [1.807, 2.05) is 25.1 Å². The lowest BCUT2D eigenvalue weighted by Crippen LogP contribution is -2.09.